The summed E-state index contributed by atoms with van der Waals surface area (Å²) < 4.78 is 25.7. The Bertz CT molecular complexity index is 407. The van der Waals surface area contributed by atoms with Crippen LogP contribution in [0.5, 0.6) is 0 Å². The molecule has 0 aromatic heterocycles. The van der Waals surface area contributed by atoms with E-state index < -0.39 is 21.6 Å². The van der Waals surface area contributed by atoms with Crippen molar-refractivity contribution in [2.75, 3.05) is 0 Å². The van der Waals surface area contributed by atoms with Gasteiger partial charge in [0.05, 0.1) is 9.95 Å². The summed E-state index contributed by atoms with van der Waals surface area (Å²) in [6.07, 6.45) is 1.30. The largest absolute Gasteiger partial charge is 0.259 e. The van der Waals surface area contributed by atoms with Crippen molar-refractivity contribution in [3.63, 3.8) is 0 Å². The van der Waals surface area contributed by atoms with Crippen molar-refractivity contribution in [1.29, 1.82) is 0 Å². The molecule has 1 rings (SSSR count). The minimum Gasteiger partial charge on any atom is -0.259 e. The van der Waals surface area contributed by atoms with Gasteiger partial charge in [-0.1, -0.05) is 11.6 Å². The van der Waals surface area contributed by atoms with Crippen molar-refractivity contribution in [3.05, 3.63) is 50.7 Å². The van der Waals surface area contributed by atoms with Gasteiger partial charge in [0, 0.05) is 11.6 Å². The van der Waals surface area contributed by atoms with E-state index in [1.165, 1.54) is 0 Å². The number of nitro groups is 1. The fraction of sp³-hybridized carbons (Fsp3) is 0. The molecule has 0 fully saturated rings. The molecule has 14 heavy (non-hydrogen) atoms. The first kappa shape index (κ1) is 10.6. The summed E-state index contributed by atoms with van der Waals surface area (Å²) in [6, 6.07) is 1.70. The molecule has 0 N–H and O–H groups in total. The van der Waals surface area contributed by atoms with E-state index in [9.17, 15) is 18.9 Å². The van der Waals surface area contributed by atoms with Crippen molar-refractivity contribution < 1.29 is 13.7 Å². The lowest BCUT2D eigenvalue weighted by Gasteiger charge is -1.99. The molecular weight excluding hydrogens is 216 g/mol. The second-order valence-corrected chi connectivity index (χ2v) is 2.74. The van der Waals surface area contributed by atoms with Crippen molar-refractivity contribution in [2.24, 2.45) is 0 Å². The first-order chi connectivity index (χ1) is 6.52. The standard InChI is InChI=1S/C8H4ClF2NO2/c9-8-5(3-4-12(13)14)6(10)1-2-7(8)11/h1-4H/b4-3+. The Hall–Kier alpha value is -1.49. The number of nitrogens with zero attached hydrogens (tertiary/aromatic N) is 1. The van der Waals surface area contributed by atoms with Gasteiger partial charge in [0.1, 0.15) is 11.6 Å². The van der Waals surface area contributed by atoms with Crippen LogP contribution < -0.4 is 0 Å². The van der Waals surface area contributed by atoms with E-state index in [2.05, 4.69) is 0 Å². The molecule has 74 valence electrons. The van der Waals surface area contributed by atoms with Gasteiger partial charge in [-0.15, -0.1) is 0 Å². The monoisotopic (exact) mass is 219 g/mol. The van der Waals surface area contributed by atoms with Crippen LogP contribution in [0.3, 0.4) is 0 Å². The van der Waals surface area contributed by atoms with Gasteiger partial charge in [0.2, 0.25) is 6.20 Å². The molecule has 0 aliphatic heterocycles. The lowest BCUT2D eigenvalue weighted by Crippen LogP contribution is -1.89. The van der Waals surface area contributed by atoms with E-state index in [-0.39, 0.29) is 5.56 Å². The second-order valence-electron chi connectivity index (χ2n) is 2.36. The summed E-state index contributed by atoms with van der Waals surface area (Å²) in [5.41, 5.74) is -0.330. The number of rotatable bonds is 2. The SMILES string of the molecule is O=[N+]([O-])/C=C/c1c(F)ccc(F)c1Cl. The minimum atomic E-state index is -0.823. The average molecular weight is 220 g/mol. The lowest BCUT2D eigenvalue weighted by atomic mass is 10.2. The van der Waals surface area contributed by atoms with E-state index in [1.807, 2.05) is 0 Å². The molecule has 6 heteroatoms. The number of hydrogen-bond acceptors (Lipinski definition) is 2. The summed E-state index contributed by atoms with van der Waals surface area (Å²) in [5.74, 6) is -1.63. The van der Waals surface area contributed by atoms with Gasteiger partial charge in [0.15, 0.2) is 0 Å². The van der Waals surface area contributed by atoms with Gasteiger partial charge in [-0.2, -0.15) is 0 Å². The zero-order chi connectivity index (χ0) is 10.7. The molecule has 0 spiro atoms. The molecule has 0 bridgehead atoms. The Kier molecular flexibility index (Phi) is 3.14. The van der Waals surface area contributed by atoms with E-state index in [4.69, 9.17) is 11.6 Å². The third-order valence-corrected chi connectivity index (χ3v) is 1.83. The normalized spacial score (nSPS) is 10.8. The van der Waals surface area contributed by atoms with Gasteiger partial charge in [-0.3, -0.25) is 10.1 Å². The van der Waals surface area contributed by atoms with Crippen LogP contribution in [0, 0.1) is 21.7 Å². The Labute approximate surface area is 82.8 Å². The highest BCUT2D eigenvalue weighted by atomic mass is 35.5. The minimum absolute atomic E-state index is 0.330. The maximum Gasteiger partial charge on any atom is 0.235 e. The molecular formula is C8H4ClF2NO2. The Morgan fingerprint density at radius 1 is 1.36 bits per heavy atom. The molecule has 0 aliphatic carbocycles. The summed E-state index contributed by atoms with van der Waals surface area (Å²) in [7, 11) is 0. The third kappa shape index (κ3) is 2.26. The fourth-order valence-electron chi connectivity index (χ4n) is 0.831. The molecule has 0 radical (unpaired) electrons. The van der Waals surface area contributed by atoms with Crippen molar-refractivity contribution in [3.8, 4) is 0 Å². The predicted octanol–water partition coefficient (Wildman–Crippen LogP) is 2.87. The smallest absolute Gasteiger partial charge is 0.235 e. The van der Waals surface area contributed by atoms with Gasteiger partial charge >= 0.3 is 0 Å². The quantitative estimate of drug-likeness (QED) is 0.436. The zero-order valence-electron chi connectivity index (χ0n) is 6.71. The van der Waals surface area contributed by atoms with Gasteiger partial charge in [-0.25, -0.2) is 8.78 Å². The fourth-order valence-corrected chi connectivity index (χ4v) is 1.05. The molecule has 3 nitrogen and oxygen atoms in total. The van der Waals surface area contributed by atoms with Crippen LogP contribution in [0.2, 0.25) is 5.02 Å². The first-order valence-corrected chi connectivity index (χ1v) is 3.85. The molecule has 0 amide bonds. The van der Waals surface area contributed by atoms with Crippen LogP contribution in [0.15, 0.2) is 18.3 Å². The maximum atomic E-state index is 13.0. The molecule has 0 saturated carbocycles. The highest BCUT2D eigenvalue weighted by Crippen LogP contribution is 2.23. The van der Waals surface area contributed by atoms with Gasteiger partial charge in [-0.05, 0) is 12.1 Å². The molecule has 0 heterocycles. The van der Waals surface area contributed by atoms with Crippen LogP contribution in [0.25, 0.3) is 6.08 Å². The summed E-state index contributed by atoms with van der Waals surface area (Å²) in [6.45, 7) is 0. The van der Waals surface area contributed by atoms with E-state index in [1.54, 1.807) is 0 Å². The highest BCUT2D eigenvalue weighted by Gasteiger charge is 2.09. The van der Waals surface area contributed by atoms with Crippen LogP contribution >= 0.6 is 11.6 Å². The maximum absolute atomic E-state index is 13.0. The summed E-state index contributed by atoms with van der Waals surface area (Å²) >= 11 is 5.39. The third-order valence-electron chi connectivity index (χ3n) is 1.44. The lowest BCUT2D eigenvalue weighted by molar-refractivity contribution is -0.400. The first-order valence-electron chi connectivity index (χ1n) is 3.47. The van der Waals surface area contributed by atoms with Crippen molar-refractivity contribution in [1.82, 2.24) is 0 Å². The molecule has 1 aromatic carbocycles. The molecule has 1 aromatic rings. The molecule has 0 atom stereocenters. The molecule has 0 aliphatic rings. The highest BCUT2D eigenvalue weighted by molar-refractivity contribution is 6.32. The van der Waals surface area contributed by atoms with Gasteiger partial charge < -0.3 is 0 Å². The number of halogens is 3. The van der Waals surface area contributed by atoms with Crippen LogP contribution in [0.1, 0.15) is 5.56 Å². The topological polar surface area (TPSA) is 43.1 Å². The average Bonchev–Trinajstić information content (AvgIpc) is 2.11. The van der Waals surface area contributed by atoms with Crippen LogP contribution in [0.4, 0.5) is 8.78 Å². The van der Waals surface area contributed by atoms with Crippen molar-refractivity contribution >= 4 is 17.7 Å². The van der Waals surface area contributed by atoms with Crippen molar-refractivity contribution in [2.45, 2.75) is 0 Å². The molecule has 0 unspecified atom stereocenters. The van der Waals surface area contributed by atoms with E-state index in [0.29, 0.717) is 6.20 Å². The Balaban J connectivity index is 3.19. The van der Waals surface area contributed by atoms with E-state index >= 15 is 0 Å². The van der Waals surface area contributed by atoms with Crippen LogP contribution in [-0.2, 0) is 0 Å². The van der Waals surface area contributed by atoms with Crippen LogP contribution in [-0.4, -0.2) is 4.92 Å². The van der Waals surface area contributed by atoms with E-state index in [0.717, 1.165) is 18.2 Å². The summed E-state index contributed by atoms with van der Waals surface area (Å²) in [4.78, 5) is 9.15. The second kappa shape index (κ2) is 4.15. The Morgan fingerprint density at radius 2 is 1.93 bits per heavy atom. The summed E-state index contributed by atoms with van der Waals surface area (Å²) in [5, 5.41) is 9.47. The predicted molar refractivity (Wildman–Crippen MR) is 47.4 cm³/mol. The number of benzene rings is 1. The zero-order valence-corrected chi connectivity index (χ0v) is 7.46. The Morgan fingerprint density at radius 3 is 2.50 bits per heavy atom. The molecule has 0 saturated heterocycles. The van der Waals surface area contributed by atoms with Gasteiger partial charge in [0.25, 0.3) is 0 Å². The number of hydrogen-bond donors (Lipinski definition) is 0.